The van der Waals surface area contributed by atoms with Gasteiger partial charge in [-0.05, 0) is 36.8 Å². The largest absolute Gasteiger partial charge is 0.346 e. The third kappa shape index (κ3) is 7.89. The molecule has 0 spiro atoms. The van der Waals surface area contributed by atoms with E-state index in [1.165, 1.54) is 9.80 Å². The lowest BCUT2D eigenvalue weighted by atomic mass is 10.0. The van der Waals surface area contributed by atoms with Gasteiger partial charge in [0.25, 0.3) is 11.8 Å². The van der Waals surface area contributed by atoms with E-state index in [0.717, 1.165) is 46.6 Å². The first kappa shape index (κ1) is 36.9. The number of carbonyl (C=O) groups is 3. The molecule has 0 saturated carbocycles. The second-order valence-electron chi connectivity index (χ2n) is 15.2. The number of nitrogens with zero attached hydrogens (tertiary/aromatic N) is 6. The molecule has 0 radical (unpaired) electrons. The molecular formula is C40H44F4N8O3. The minimum atomic E-state index is -2.80. The molecule has 4 aliphatic heterocycles. The van der Waals surface area contributed by atoms with Crippen LogP contribution in [0.25, 0.3) is 33.6 Å². The number of piperidine rings is 2. The highest BCUT2D eigenvalue weighted by molar-refractivity contribution is 6.35. The number of hydrogen-bond acceptors (Lipinski definition) is 6. The Balaban J connectivity index is 0.880. The van der Waals surface area contributed by atoms with E-state index in [9.17, 15) is 31.9 Å². The molecule has 4 fully saturated rings. The third-order valence-electron chi connectivity index (χ3n) is 11.5. The van der Waals surface area contributed by atoms with Crippen LogP contribution in [0.1, 0.15) is 75.1 Å². The zero-order valence-corrected chi connectivity index (χ0v) is 30.5. The first-order chi connectivity index (χ1) is 26.4. The number of nitrogens with one attached hydrogen (secondary N) is 2. The molecule has 2 aromatic heterocycles. The van der Waals surface area contributed by atoms with E-state index in [2.05, 4.69) is 9.97 Å². The quantitative estimate of drug-likeness (QED) is 0.165. The van der Waals surface area contributed by atoms with Gasteiger partial charge in [-0.15, -0.1) is 0 Å². The van der Waals surface area contributed by atoms with Crippen LogP contribution in [0.5, 0.6) is 0 Å². The average molecular weight is 761 g/mol. The Labute approximate surface area is 316 Å². The number of aromatic nitrogens is 4. The van der Waals surface area contributed by atoms with Crippen LogP contribution in [0.2, 0.25) is 0 Å². The van der Waals surface area contributed by atoms with Gasteiger partial charge in [0.2, 0.25) is 5.91 Å². The Bertz CT molecular complexity index is 2010. The predicted octanol–water partition coefficient (Wildman–Crippen LogP) is 6.45. The molecule has 2 unspecified atom stereocenters. The lowest BCUT2D eigenvalue weighted by molar-refractivity contribution is -0.155. The Morgan fingerprint density at radius 1 is 0.600 bits per heavy atom. The van der Waals surface area contributed by atoms with Crippen molar-refractivity contribution >= 4 is 17.7 Å². The SMILES string of the molecule is O=C(C(=O)N1CCCC1c1nc(-c2ccc(-c3ccc(-c4c[nH]c(C5CCCN5C(=O)CN5CCC(F)(F)CC5)n4)cc3)cc2)c[nH]1)N1CCC(F)(F)CC1. The molecule has 6 heterocycles. The number of alkyl halides is 4. The van der Waals surface area contributed by atoms with Crippen molar-refractivity contribution < 1.29 is 31.9 Å². The second-order valence-corrected chi connectivity index (χ2v) is 15.2. The molecule has 2 atom stereocenters. The summed E-state index contributed by atoms with van der Waals surface area (Å²) < 4.78 is 54.4. The minimum Gasteiger partial charge on any atom is -0.346 e. The molecule has 0 aliphatic carbocycles. The fraction of sp³-hybridized carbons (Fsp3) is 0.475. The van der Waals surface area contributed by atoms with Crippen LogP contribution in [-0.2, 0) is 14.4 Å². The van der Waals surface area contributed by atoms with E-state index in [-0.39, 0.29) is 57.5 Å². The van der Waals surface area contributed by atoms with Gasteiger partial charge in [-0.1, -0.05) is 48.5 Å². The highest BCUT2D eigenvalue weighted by Crippen LogP contribution is 2.35. The number of halogens is 4. The van der Waals surface area contributed by atoms with E-state index in [1.54, 1.807) is 6.20 Å². The molecule has 4 saturated heterocycles. The molecule has 2 N–H and O–H groups in total. The van der Waals surface area contributed by atoms with Gasteiger partial charge in [0.05, 0.1) is 30.0 Å². The number of aromatic amines is 2. The van der Waals surface area contributed by atoms with E-state index >= 15 is 0 Å². The summed E-state index contributed by atoms with van der Waals surface area (Å²) in [6.07, 6.45) is 5.34. The normalized spacial score (nSPS) is 22.7. The molecule has 290 valence electrons. The van der Waals surface area contributed by atoms with Crippen LogP contribution in [-0.4, -0.2) is 115 Å². The maximum atomic E-state index is 13.6. The summed E-state index contributed by atoms with van der Waals surface area (Å²) in [6, 6.07) is 15.5. The molecular weight excluding hydrogens is 716 g/mol. The van der Waals surface area contributed by atoms with Crippen LogP contribution in [0, 0.1) is 0 Å². The first-order valence-corrected chi connectivity index (χ1v) is 19.1. The average Bonchev–Trinajstić information content (AvgIpc) is 4.02. The monoisotopic (exact) mass is 760 g/mol. The molecule has 11 nitrogen and oxygen atoms in total. The lowest BCUT2D eigenvalue weighted by Gasteiger charge is -2.33. The fourth-order valence-corrected chi connectivity index (χ4v) is 8.24. The third-order valence-corrected chi connectivity index (χ3v) is 11.5. The Morgan fingerprint density at radius 3 is 1.55 bits per heavy atom. The second kappa shape index (κ2) is 14.9. The zero-order chi connectivity index (χ0) is 38.3. The van der Waals surface area contributed by atoms with Crippen LogP contribution in [0.3, 0.4) is 0 Å². The minimum absolute atomic E-state index is 0.0535. The highest BCUT2D eigenvalue weighted by atomic mass is 19.3. The summed E-state index contributed by atoms with van der Waals surface area (Å²) in [5.74, 6) is -5.61. The van der Waals surface area contributed by atoms with Crippen LogP contribution in [0.4, 0.5) is 17.6 Å². The summed E-state index contributed by atoms with van der Waals surface area (Å²) >= 11 is 0. The smallest absolute Gasteiger partial charge is 0.312 e. The van der Waals surface area contributed by atoms with Crippen LogP contribution < -0.4 is 0 Å². The van der Waals surface area contributed by atoms with Crippen molar-refractivity contribution in [3.05, 3.63) is 72.6 Å². The van der Waals surface area contributed by atoms with Gasteiger partial charge < -0.3 is 24.7 Å². The van der Waals surface area contributed by atoms with Gasteiger partial charge in [-0.3, -0.25) is 19.3 Å². The molecule has 0 bridgehead atoms. The van der Waals surface area contributed by atoms with E-state index in [0.29, 0.717) is 37.4 Å². The van der Waals surface area contributed by atoms with Gasteiger partial charge in [0, 0.05) is 88.5 Å². The Morgan fingerprint density at radius 2 is 1.04 bits per heavy atom. The summed E-state index contributed by atoms with van der Waals surface area (Å²) in [6.45, 7) is 1.34. The summed E-state index contributed by atoms with van der Waals surface area (Å²) in [7, 11) is 0. The Kier molecular flexibility index (Phi) is 9.99. The van der Waals surface area contributed by atoms with E-state index in [1.807, 2.05) is 64.5 Å². The van der Waals surface area contributed by atoms with Crippen molar-refractivity contribution in [2.45, 2.75) is 75.3 Å². The number of likely N-dealkylation sites (tertiary alicyclic amines) is 4. The molecule has 8 rings (SSSR count). The predicted molar refractivity (Wildman–Crippen MR) is 196 cm³/mol. The van der Waals surface area contributed by atoms with Gasteiger partial charge in [-0.25, -0.2) is 27.5 Å². The van der Waals surface area contributed by atoms with E-state index in [4.69, 9.17) is 9.97 Å². The Hall–Kier alpha value is -5.05. The number of carbonyl (C=O) groups excluding carboxylic acids is 3. The maximum Gasteiger partial charge on any atom is 0.312 e. The number of H-pyrrole nitrogens is 2. The number of rotatable bonds is 7. The molecule has 4 aromatic rings. The fourth-order valence-electron chi connectivity index (χ4n) is 8.24. The first-order valence-electron chi connectivity index (χ1n) is 19.1. The maximum absolute atomic E-state index is 13.6. The van der Waals surface area contributed by atoms with Crippen LogP contribution >= 0.6 is 0 Å². The molecule has 15 heteroatoms. The van der Waals surface area contributed by atoms with Crippen molar-refractivity contribution in [1.29, 1.82) is 0 Å². The van der Waals surface area contributed by atoms with Gasteiger partial charge in [0.15, 0.2) is 0 Å². The van der Waals surface area contributed by atoms with Crippen molar-refractivity contribution in [2.75, 3.05) is 45.8 Å². The van der Waals surface area contributed by atoms with Crippen LogP contribution in [0.15, 0.2) is 60.9 Å². The van der Waals surface area contributed by atoms with Crippen molar-refractivity contribution in [3.8, 4) is 33.6 Å². The highest BCUT2D eigenvalue weighted by Gasteiger charge is 2.41. The number of benzene rings is 2. The van der Waals surface area contributed by atoms with Crippen molar-refractivity contribution in [1.82, 2.24) is 39.5 Å². The van der Waals surface area contributed by atoms with Gasteiger partial charge in [0.1, 0.15) is 11.6 Å². The molecule has 4 aliphatic rings. The molecule has 3 amide bonds. The van der Waals surface area contributed by atoms with Crippen molar-refractivity contribution in [2.24, 2.45) is 0 Å². The van der Waals surface area contributed by atoms with Gasteiger partial charge >= 0.3 is 11.8 Å². The summed E-state index contributed by atoms with van der Waals surface area (Å²) in [5, 5.41) is 0. The summed E-state index contributed by atoms with van der Waals surface area (Å²) in [4.78, 5) is 61.7. The van der Waals surface area contributed by atoms with E-state index < -0.39 is 42.5 Å². The molecule has 55 heavy (non-hydrogen) atoms. The topological polar surface area (TPSA) is 122 Å². The standard InChI is InChI=1S/C40H44F4N8O3/c41-39(42)13-19-49(20-14-39)25-34(53)51-17-1-3-32(51)35-45-23-30(47-35)28-9-5-26(6-10-28)27-7-11-29(12-8-27)31-24-46-36(48-31)33-4-2-18-52(33)38(55)37(54)50-21-15-40(43,44)16-22-50/h5-12,23-24,32-33H,1-4,13-22,25H2,(H,45,47)(H,46,48). The number of imidazole rings is 2. The number of amides is 3. The van der Waals surface area contributed by atoms with Crippen molar-refractivity contribution in [3.63, 3.8) is 0 Å². The number of hydrogen-bond donors (Lipinski definition) is 2. The summed E-state index contributed by atoms with van der Waals surface area (Å²) in [5.41, 5.74) is 5.30. The zero-order valence-electron chi connectivity index (χ0n) is 30.5. The van der Waals surface area contributed by atoms with Gasteiger partial charge in [-0.2, -0.15) is 0 Å². The molecule has 2 aromatic carbocycles. The lowest BCUT2D eigenvalue weighted by Crippen LogP contribution is -2.49.